The van der Waals surface area contributed by atoms with Gasteiger partial charge in [0.2, 0.25) is 0 Å². The summed E-state index contributed by atoms with van der Waals surface area (Å²) in [6, 6.07) is 39.8. The van der Waals surface area contributed by atoms with Crippen molar-refractivity contribution in [1.29, 1.82) is 0 Å². The molecule has 224 valence electrons. The van der Waals surface area contributed by atoms with Crippen molar-refractivity contribution in [2.75, 3.05) is 0 Å². The topological polar surface area (TPSA) is 14.8 Å². The highest BCUT2D eigenvalue weighted by Gasteiger charge is 2.19. The molecule has 0 atom stereocenters. The Balaban J connectivity index is 1.29. The van der Waals surface area contributed by atoms with E-state index >= 15 is 0 Å². The van der Waals surface area contributed by atoms with Gasteiger partial charge in [0.15, 0.2) is 0 Å². The van der Waals surface area contributed by atoms with E-state index in [4.69, 9.17) is 0 Å². The van der Waals surface area contributed by atoms with E-state index in [0.29, 0.717) is 0 Å². The average molecular weight is 612 g/mol. The molecular weight excluding hydrogens is 584 g/mol. The summed E-state index contributed by atoms with van der Waals surface area (Å²) in [5.41, 5.74) is 9.43. The summed E-state index contributed by atoms with van der Waals surface area (Å²) in [4.78, 5) is 0. The Bertz CT molecular complexity index is 2650. The maximum atomic E-state index is 14.5. The number of hydrogen-bond acceptors (Lipinski definition) is 0. The Morgan fingerprint density at radius 2 is 0.851 bits per heavy atom. The Kier molecular flexibility index (Phi) is 5.47. The van der Waals surface area contributed by atoms with Gasteiger partial charge in [0.05, 0.1) is 33.1 Å². The molecular formula is C42H27F2N3. The fourth-order valence-corrected chi connectivity index (χ4v) is 7.77. The highest BCUT2D eigenvalue weighted by atomic mass is 19.1. The number of halogens is 2. The van der Waals surface area contributed by atoms with Gasteiger partial charge in [-0.1, -0.05) is 48.6 Å². The van der Waals surface area contributed by atoms with Gasteiger partial charge in [-0.3, -0.25) is 0 Å². The quantitative estimate of drug-likeness (QED) is 0.189. The fourth-order valence-electron chi connectivity index (χ4n) is 7.77. The van der Waals surface area contributed by atoms with E-state index in [0.717, 1.165) is 95.3 Å². The van der Waals surface area contributed by atoms with Gasteiger partial charge >= 0.3 is 0 Å². The average Bonchev–Trinajstić information content (AvgIpc) is 3.73. The van der Waals surface area contributed by atoms with Crippen LogP contribution >= 0.6 is 0 Å². The lowest BCUT2D eigenvalue weighted by Gasteiger charge is -2.13. The molecule has 47 heavy (non-hydrogen) atoms. The molecule has 1 aliphatic rings. The number of nitrogens with zero attached hydrogens (tertiary/aromatic N) is 3. The highest BCUT2D eigenvalue weighted by Crippen LogP contribution is 2.40. The molecule has 9 aromatic rings. The van der Waals surface area contributed by atoms with E-state index in [9.17, 15) is 8.78 Å². The summed E-state index contributed by atoms with van der Waals surface area (Å²) < 4.78 is 35.8. The van der Waals surface area contributed by atoms with E-state index in [-0.39, 0.29) is 11.6 Å². The lowest BCUT2D eigenvalue weighted by molar-refractivity contribution is 0.629. The lowest BCUT2D eigenvalue weighted by Crippen LogP contribution is -1.98. The molecule has 3 heterocycles. The molecule has 0 fully saturated rings. The normalized spacial score (nSPS) is 13.6. The SMILES string of the molecule is Fc1ccc2c(c1)c1ccccc1n2-c1ccc2c(c1)c1cc(-n3c4ccccc4c4cc(F)ccc43)ccc1n2C1=CCCC=C1. The van der Waals surface area contributed by atoms with E-state index in [1.165, 1.54) is 12.1 Å². The van der Waals surface area contributed by atoms with E-state index in [2.05, 4.69) is 92.6 Å². The van der Waals surface area contributed by atoms with E-state index in [1.807, 2.05) is 36.4 Å². The maximum Gasteiger partial charge on any atom is 0.123 e. The van der Waals surface area contributed by atoms with Crippen LogP contribution < -0.4 is 0 Å². The predicted octanol–water partition coefficient (Wildman–Crippen LogP) is 11.5. The Morgan fingerprint density at radius 3 is 1.36 bits per heavy atom. The van der Waals surface area contributed by atoms with Crippen molar-refractivity contribution in [1.82, 2.24) is 13.7 Å². The molecule has 3 nitrogen and oxygen atoms in total. The summed E-state index contributed by atoms with van der Waals surface area (Å²) in [6.45, 7) is 0. The van der Waals surface area contributed by atoms with Gasteiger partial charge in [-0.2, -0.15) is 0 Å². The first-order valence-corrected chi connectivity index (χ1v) is 16.0. The third-order valence-corrected chi connectivity index (χ3v) is 9.75. The molecule has 0 bridgehead atoms. The van der Waals surface area contributed by atoms with E-state index < -0.39 is 0 Å². The van der Waals surface area contributed by atoms with Crippen LogP contribution in [0.1, 0.15) is 12.8 Å². The summed E-state index contributed by atoms with van der Waals surface area (Å²) in [5.74, 6) is -0.485. The number of hydrogen-bond donors (Lipinski definition) is 0. The zero-order chi connectivity index (χ0) is 31.2. The van der Waals surface area contributed by atoms with Crippen molar-refractivity contribution >= 4 is 71.1 Å². The molecule has 0 amide bonds. The molecule has 1 aliphatic carbocycles. The van der Waals surface area contributed by atoms with Crippen molar-refractivity contribution in [2.45, 2.75) is 12.8 Å². The summed E-state index contributed by atoms with van der Waals surface area (Å²) in [5, 5.41) is 6.08. The van der Waals surface area contributed by atoms with Crippen molar-refractivity contribution in [3.63, 3.8) is 0 Å². The van der Waals surface area contributed by atoms with Gasteiger partial charge in [0, 0.05) is 49.4 Å². The first-order valence-electron chi connectivity index (χ1n) is 16.0. The lowest BCUT2D eigenvalue weighted by atomic mass is 10.1. The first-order chi connectivity index (χ1) is 23.1. The number of benzene rings is 6. The van der Waals surface area contributed by atoms with Crippen molar-refractivity contribution in [3.8, 4) is 11.4 Å². The van der Waals surface area contributed by atoms with Crippen LogP contribution in [0.5, 0.6) is 0 Å². The second-order valence-electron chi connectivity index (χ2n) is 12.4. The number of rotatable bonds is 3. The minimum Gasteiger partial charge on any atom is -0.310 e. The zero-order valence-corrected chi connectivity index (χ0v) is 25.3. The molecule has 0 spiro atoms. The minimum atomic E-state index is -0.243. The van der Waals surface area contributed by atoms with Gasteiger partial charge in [-0.05, 0) is 104 Å². The predicted molar refractivity (Wildman–Crippen MR) is 191 cm³/mol. The standard InChI is InChI=1S/C42H27F2N3/c43-26-14-18-39-33(22-26)31-10-4-6-12-37(31)46(39)29-16-20-41-35(24-29)36-25-30(17-21-42(36)45(41)28-8-2-1-3-9-28)47-38-13-7-5-11-32(38)34-23-27(44)15-19-40(34)47/h2,4-25H,1,3H2. The zero-order valence-electron chi connectivity index (χ0n) is 25.3. The van der Waals surface area contributed by atoms with Crippen LogP contribution in [0.15, 0.2) is 140 Å². The Labute approximate surface area is 268 Å². The fraction of sp³-hybridized carbons (Fsp3) is 0.0476. The van der Waals surface area contributed by atoms with Gasteiger partial charge in [-0.15, -0.1) is 0 Å². The molecule has 0 unspecified atom stereocenters. The summed E-state index contributed by atoms with van der Waals surface area (Å²) in [6.07, 6.45) is 8.80. The monoisotopic (exact) mass is 611 g/mol. The van der Waals surface area contributed by atoms with Crippen LogP contribution in [-0.4, -0.2) is 13.7 Å². The highest BCUT2D eigenvalue weighted by molar-refractivity contribution is 6.14. The van der Waals surface area contributed by atoms with Crippen LogP contribution in [0.2, 0.25) is 0 Å². The second kappa shape index (κ2) is 9.78. The van der Waals surface area contributed by atoms with Gasteiger partial charge in [-0.25, -0.2) is 8.78 Å². The number of allylic oxidation sites excluding steroid dienone is 4. The van der Waals surface area contributed by atoms with Crippen LogP contribution in [0.4, 0.5) is 8.78 Å². The minimum absolute atomic E-state index is 0.243. The maximum absolute atomic E-state index is 14.5. The molecule has 3 aromatic heterocycles. The van der Waals surface area contributed by atoms with Crippen molar-refractivity contribution < 1.29 is 8.78 Å². The van der Waals surface area contributed by atoms with Gasteiger partial charge in [0.25, 0.3) is 0 Å². The van der Waals surface area contributed by atoms with Crippen LogP contribution in [0, 0.1) is 11.6 Å². The Hall–Kier alpha value is -5.94. The number of fused-ring (bicyclic) bond motifs is 9. The molecule has 0 N–H and O–H groups in total. The molecule has 0 saturated heterocycles. The van der Waals surface area contributed by atoms with Crippen LogP contribution in [-0.2, 0) is 0 Å². The number of aromatic nitrogens is 3. The Morgan fingerprint density at radius 1 is 0.404 bits per heavy atom. The summed E-state index contributed by atoms with van der Waals surface area (Å²) >= 11 is 0. The molecule has 5 heteroatoms. The third kappa shape index (κ3) is 3.77. The van der Waals surface area contributed by atoms with Crippen LogP contribution in [0.25, 0.3) is 82.5 Å². The molecule has 10 rings (SSSR count). The summed E-state index contributed by atoms with van der Waals surface area (Å²) in [7, 11) is 0. The van der Waals surface area contributed by atoms with E-state index in [1.54, 1.807) is 12.1 Å². The van der Waals surface area contributed by atoms with Crippen LogP contribution in [0.3, 0.4) is 0 Å². The molecule has 6 aromatic carbocycles. The smallest absolute Gasteiger partial charge is 0.123 e. The van der Waals surface area contributed by atoms with Gasteiger partial charge < -0.3 is 13.7 Å². The molecule has 0 radical (unpaired) electrons. The second-order valence-corrected chi connectivity index (χ2v) is 12.4. The third-order valence-electron chi connectivity index (χ3n) is 9.75. The first kappa shape index (κ1) is 26.3. The number of para-hydroxylation sites is 2. The molecule has 0 aliphatic heterocycles. The van der Waals surface area contributed by atoms with Gasteiger partial charge in [0.1, 0.15) is 11.6 Å². The molecule has 0 saturated carbocycles. The largest absolute Gasteiger partial charge is 0.310 e. The van der Waals surface area contributed by atoms with Crippen molar-refractivity contribution in [2.24, 2.45) is 0 Å². The van der Waals surface area contributed by atoms with Crippen molar-refractivity contribution in [3.05, 3.63) is 151 Å².